The molecule has 1 aliphatic rings. The third kappa shape index (κ3) is 2.65. The number of piperazine rings is 1. The summed E-state index contributed by atoms with van der Waals surface area (Å²) in [5.74, 6) is -0.355. The molecule has 0 bridgehead atoms. The molecule has 94 valence electrons. The molecular formula is C9H16N6OS. The van der Waals surface area contributed by atoms with E-state index in [4.69, 9.17) is 11.5 Å². The first kappa shape index (κ1) is 12.1. The van der Waals surface area contributed by atoms with Crippen LogP contribution in [0.1, 0.15) is 10.4 Å². The monoisotopic (exact) mass is 256 g/mol. The Bertz CT molecular complexity index is 412. The molecular weight excluding hydrogens is 240 g/mol. The maximum absolute atomic E-state index is 11.2. The Morgan fingerprint density at radius 2 is 2.06 bits per heavy atom. The number of nitrogen functional groups attached to an aromatic ring is 1. The lowest BCUT2D eigenvalue weighted by atomic mass is 10.3. The smallest absolute Gasteiger partial charge is 0.255 e. The molecule has 1 aromatic rings. The van der Waals surface area contributed by atoms with Crippen molar-refractivity contribution in [3.8, 4) is 0 Å². The van der Waals surface area contributed by atoms with E-state index in [2.05, 4.69) is 21.7 Å². The Labute approximate surface area is 103 Å². The minimum atomic E-state index is -0.548. The van der Waals surface area contributed by atoms with Gasteiger partial charge in [0.2, 0.25) is 0 Å². The normalized spacial score (nSPS) is 18.2. The van der Waals surface area contributed by atoms with Gasteiger partial charge in [0, 0.05) is 26.2 Å². The highest BCUT2D eigenvalue weighted by molar-refractivity contribution is 7.11. The van der Waals surface area contributed by atoms with Gasteiger partial charge < -0.3 is 21.8 Å². The standard InChI is InChI=1S/C9H16N6OS/c1-14-2-4-15(5-3-14)12-9-6(8(11)16)7(10)13-17-9/h12H,2-5H2,1H3,(H2,10,13)(H2,11,16). The second-order valence-corrected chi connectivity index (χ2v) is 4.81. The number of nitrogens with two attached hydrogens (primary N) is 2. The van der Waals surface area contributed by atoms with Crippen molar-refractivity contribution < 1.29 is 4.79 Å². The average Bonchev–Trinajstić information content (AvgIpc) is 2.63. The predicted molar refractivity (Wildman–Crippen MR) is 67.7 cm³/mol. The van der Waals surface area contributed by atoms with Crippen LogP contribution in [0.2, 0.25) is 0 Å². The molecule has 5 N–H and O–H groups in total. The van der Waals surface area contributed by atoms with Crippen LogP contribution in [-0.2, 0) is 0 Å². The van der Waals surface area contributed by atoms with Crippen LogP contribution in [0.4, 0.5) is 10.8 Å². The summed E-state index contributed by atoms with van der Waals surface area (Å²) in [7, 11) is 2.08. The summed E-state index contributed by atoms with van der Waals surface area (Å²) in [6.07, 6.45) is 0. The highest BCUT2D eigenvalue weighted by Crippen LogP contribution is 2.26. The molecule has 1 saturated heterocycles. The van der Waals surface area contributed by atoms with Gasteiger partial charge in [0.25, 0.3) is 5.91 Å². The van der Waals surface area contributed by atoms with E-state index in [1.165, 1.54) is 0 Å². The molecule has 1 fully saturated rings. The van der Waals surface area contributed by atoms with Crippen LogP contribution >= 0.6 is 11.5 Å². The summed E-state index contributed by atoms with van der Waals surface area (Å²) in [5.41, 5.74) is 14.3. The number of likely N-dealkylation sites (N-methyl/N-ethyl adjacent to an activating group) is 1. The highest BCUT2D eigenvalue weighted by atomic mass is 32.1. The molecule has 1 amide bonds. The van der Waals surface area contributed by atoms with E-state index >= 15 is 0 Å². The Hall–Kier alpha value is -1.38. The third-order valence-corrected chi connectivity index (χ3v) is 3.49. The summed E-state index contributed by atoms with van der Waals surface area (Å²) in [5, 5.41) is 2.67. The number of hydrazine groups is 1. The SMILES string of the molecule is CN1CCN(Nc2snc(N)c2C(N)=O)CC1. The lowest BCUT2D eigenvalue weighted by molar-refractivity contribution is 0.100. The van der Waals surface area contributed by atoms with E-state index in [-0.39, 0.29) is 11.4 Å². The number of aromatic nitrogens is 1. The summed E-state index contributed by atoms with van der Waals surface area (Å²) in [6.45, 7) is 3.72. The van der Waals surface area contributed by atoms with Crippen molar-refractivity contribution >= 4 is 28.3 Å². The summed E-state index contributed by atoms with van der Waals surface area (Å²) < 4.78 is 3.94. The molecule has 1 aliphatic heterocycles. The van der Waals surface area contributed by atoms with Gasteiger partial charge in [0.15, 0.2) is 5.82 Å². The zero-order chi connectivity index (χ0) is 12.4. The van der Waals surface area contributed by atoms with Crippen molar-refractivity contribution in [1.29, 1.82) is 0 Å². The van der Waals surface area contributed by atoms with Crippen LogP contribution in [-0.4, -0.2) is 53.4 Å². The lowest BCUT2D eigenvalue weighted by Crippen LogP contribution is -2.47. The first-order valence-corrected chi connectivity index (χ1v) is 6.10. The number of hydrogen-bond acceptors (Lipinski definition) is 7. The predicted octanol–water partition coefficient (Wildman–Crippen LogP) is -0.601. The molecule has 0 atom stereocenters. The number of primary amides is 1. The fourth-order valence-electron chi connectivity index (χ4n) is 1.68. The van der Waals surface area contributed by atoms with E-state index in [1.54, 1.807) is 0 Å². The van der Waals surface area contributed by atoms with Crippen LogP contribution in [0, 0.1) is 0 Å². The quantitative estimate of drug-likeness (QED) is 0.667. The molecule has 0 aromatic carbocycles. The number of carbonyl (C=O) groups is 1. The molecule has 2 heterocycles. The number of hydrogen-bond donors (Lipinski definition) is 3. The Morgan fingerprint density at radius 1 is 1.41 bits per heavy atom. The van der Waals surface area contributed by atoms with Crippen molar-refractivity contribution in [2.45, 2.75) is 0 Å². The van der Waals surface area contributed by atoms with E-state index in [0.717, 1.165) is 37.7 Å². The largest absolute Gasteiger partial charge is 0.382 e. The second-order valence-electron chi connectivity index (χ2n) is 4.04. The maximum Gasteiger partial charge on any atom is 0.255 e. The van der Waals surface area contributed by atoms with Crippen LogP contribution in [0.3, 0.4) is 0 Å². The number of nitrogens with one attached hydrogen (secondary N) is 1. The number of nitrogens with zero attached hydrogens (tertiary/aromatic N) is 3. The minimum Gasteiger partial charge on any atom is -0.382 e. The number of rotatable bonds is 3. The van der Waals surface area contributed by atoms with Gasteiger partial charge in [-0.15, -0.1) is 0 Å². The second kappa shape index (κ2) is 4.86. The van der Waals surface area contributed by atoms with E-state index in [1.807, 2.05) is 5.01 Å². The molecule has 0 spiro atoms. The van der Waals surface area contributed by atoms with E-state index in [0.29, 0.717) is 5.00 Å². The Kier molecular flexibility index (Phi) is 3.46. The first-order valence-electron chi connectivity index (χ1n) is 5.33. The Balaban J connectivity index is 2.06. The lowest BCUT2D eigenvalue weighted by Gasteiger charge is -2.32. The van der Waals surface area contributed by atoms with E-state index in [9.17, 15) is 4.79 Å². The third-order valence-electron chi connectivity index (χ3n) is 2.73. The van der Waals surface area contributed by atoms with Gasteiger partial charge in [-0.1, -0.05) is 0 Å². The molecule has 8 heteroatoms. The van der Waals surface area contributed by atoms with Crippen molar-refractivity contribution in [1.82, 2.24) is 14.3 Å². The molecule has 7 nitrogen and oxygen atoms in total. The maximum atomic E-state index is 11.2. The van der Waals surface area contributed by atoms with Crippen LogP contribution < -0.4 is 16.9 Å². The van der Waals surface area contributed by atoms with Gasteiger partial charge in [-0.3, -0.25) is 4.79 Å². The van der Waals surface area contributed by atoms with Crippen LogP contribution in [0.15, 0.2) is 0 Å². The minimum absolute atomic E-state index is 0.194. The number of anilines is 2. The molecule has 0 saturated carbocycles. The fourth-order valence-corrected chi connectivity index (χ4v) is 2.43. The van der Waals surface area contributed by atoms with E-state index < -0.39 is 5.91 Å². The summed E-state index contributed by atoms with van der Waals surface area (Å²) in [4.78, 5) is 13.5. The average molecular weight is 256 g/mol. The van der Waals surface area contributed by atoms with Gasteiger partial charge in [0.1, 0.15) is 10.6 Å². The van der Waals surface area contributed by atoms with Crippen LogP contribution in [0.5, 0.6) is 0 Å². The molecule has 0 aliphatic carbocycles. The van der Waals surface area contributed by atoms with Crippen LogP contribution in [0.25, 0.3) is 0 Å². The van der Waals surface area contributed by atoms with Crippen molar-refractivity contribution in [2.75, 3.05) is 44.4 Å². The molecule has 2 rings (SSSR count). The topological polar surface area (TPSA) is 101 Å². The zero-order valence-corrected chi connectivity index (χ0v) is 10.5. The van der Waals surface area contributed by atoms with Gasteiger partial charge in [-0.2, -0.15) is 4.37 Å². The molecule has 0 unspecified atom stereocenters. The fraction of sp³-hybridized carbons (Fsp3) is 0.556. The number of carbonyl (C=O) groups excluding carboxylic acids is 1. The zero-order valence-electron chi connectivity index (χ0n) is 9.64. The number of amides is 1. The van der Waals surface area contributed by atoms with Crippen molar-refractivity contribution in [3.63, 3.8) is 0 Å². The summed E-state index contributed by atoms with van der Waals surface area (Å²) in [6, 6.07) is 0. The molecule has 0 radical (unpaired) electrons. The van der Waals surface area contributed by atoms with Crippen molar-refractivity contribution in [3.05, 3.63) is 5.56 Å². The highest BCUT2D eigenvalue weighted by Gasteiger charge is 2.20. The van der Waals surface area contributed by atoms with Gasteiger partial charge in [0.05, 0.1) is 0 Å². The summed E-state index contributed by atoms with van der Waals surface area (Å²) >= 11 is 1.16. The Morgan fingerprint density at radius 3 is 2.65 bits per heavy atom. The van der Waals surface area contributed by atoms with Gasteiger partial charge in [-0.05, 0) is 18.6 Å². The van der Waals surface area contributed by atoms with Gasteiger partial charge in [-0.25, -0.2) is 5.01 Å². The van der Waals surface area contributed by atoms with Crippen molar-refractivity contribution in [2.24, 2.45) is 5.73 Å². The first-order chi connectivity index (χ1) is 8.08. The molecule has 17 heavy (non-hydrogen) atoms. The van der Waals surface area contributed by atoms with Gasteiger partial charge >= 0.3 is 0 Å². The molecule has 1 aromatic heterocycles.